The molecule has 0 atom stereocenters. The Morgan fingerprint density at radius 2 is 2.13 bits per heavy atom. The molecule has 1 aliphatic heterocycles. The first kappa shape index (κ1) is 9.98. The first-order chi connectivity index (χ1) is 7.18. The molecule has 0 saturated carbocycles. The van der Waals surface area contributed by atoms with Crippen LogP contribution in [0.2, 0.25) is 0 Å². The maximum atomic E-state index is 5.96. The fraction of sp³-hybridized carbons (Fsp3) is 0.364. The summed E-state index contributed by atoms with van der Waals surface area (Å²) in [6.45, 7) is 5.84. The number of guanidine groups is 1. The molecule has 1 heterocycles. The summed E-state index contributed by atoms with van der Waals surface area (Å²) in [5, 5.41) is 4.74. The second kappa shape index (κ2) is 3.90. The van der Waals surface area contributed by atoms with Crippen LogP contribution in [0.5, 0.6) is 0 Å². The Balaban J connectivity index is 2.25. The van der Waals surface area contributed by atoms with Gasteiger partial charge in [0.25, 0.3) is 0 Å². The van der Waals surface area contributed by atoms with Crippen molar-refractivity contribution in [2.45, 2.75) is 13.8 Å². The monoisotopic (exact) mass is 204 g/mol. The van der Waals surface area contributed by atoms with E-state index in [-0.39, 0.29) is 0 Å². The maximum Gasteiger partial charge on any atom is 0.213 e. The lowest BCUT2D eigenvalue weighted by atomic mass is 10.1. The molecule has 0 spiro atoms. The van der Waals surface area contributed by atoms with Crippen LogP contribution >= 0.6 is 0 Å². The lowest BCUT2D eigenvalue weighted by Gasteiger charge is -2.19. The number of nitrogens with one attached hydrogen (secondary N) is 1. The lowest BCUT2D eigenvalue weighted by Crippen LogP contribution is -2.43. The third kappa shape index (κ3) is 1.94. The summed E-state index contributed by atoms with van der Waals surface area (Å²) in [5.74, 6) is 6.71. The number of nitrogens with two attached hydrogens (primary N) is 1. The fourth-order valence-electron chi connectivity index (χ4n) is 1.54. The number of aryl methyl sites for hydroxylation is 2. The summed E-state index contributed by atoms with van der Waals surface area (Å²) < 4.78 is 0. The molecule has 1 aromatic carbocycles. The average molecular weight is 204 g/mol. The van der Waals surface area contributed by atoms with Crippen LogP contribution in [0.15, 0.2) is 23.2 Å². The minimum atomic E-state index is 0.748. The van der Waals surface area contributed by atoms with Crippen molar-refractivity contribution in [1.82, 2.24) is 5.32 Å². The Morgan fingerprint density at radius 3 is 2.73 bits per heavy atom. The molecule has 4 nitrogen and oxygen atoms in total. The molecule has 0 amide bonds. The molecule has 0 fully saturated rings. The Morgan fingerprint density at radius 1 is 1.33 bits per heavy atom. The molecule has 0 unspecified atom stereocenters. The largest absolute Gasteiger partial charge is 0.353 e. The van der Waals surface area contributed by atoms with Crippen molar-refractivity contribution < 1.29 is 0 Å². The Bertz CT molecular complexity index is 398. The van der Waals surface area contributed by atoms with Crippen molar-refractivity contribution in [3.8, 4) is 0 Å². The van der Waals surface area contributed by atoms with Gasteiger partial charge in [0.2, 0.25) is 5.96 Å². The lowest BCUT2D eigenvalue weighted by molar-refractivity contribution is 0.943. The van der Waals surface area contributed by atoms with Gasteiger partial charge in [-0.2, -0.15) is 0 Å². The van der Waals surface area contributed by atoms with Crippen molar-refractivity contribution in [3.63, 3.8) is 0 Å². The highest BCUT2D eigenvalue weighted by Crippen LogP contribution is 2.16. The minimum Gasteiger partial charge on any atom is -0.353 e. The number of anilines is 1. The van der Waals surface area contributed by atoms with Gasteiger partial charge in [0.05, 0.1) is 12.2 Å². The zero-order valence-corrected chi connectivity index (χ0v) is 9.12. The van der Waals surface area contributed by atoms with Crippen LogP contribution in [0.3, 0.4) is 0 Å². The van der Waals surface area contributed by atoms with Crippen LogP contribution in [-0.4, -0.2) is 19.0 Å². The summed E-state index contributed by atoms with van der Waals surface area (Å²) in [6.07, 6.45) is 0. The van der Waals surface area contributed by atoms with Gasteiger partial charge in [0.15, 0.2) is 0 Å². The number of aliphatic imine (C=N–C) groups is 1. The van der Waals surface area contributed by atoms with E-state index < -0.39 is 0 Å². The average Bonchev–Trinajstić information content (AvgIpc) is 2.74. The highest BCUT2D eigenvalue weighted by Gasteiger charge is 2.12. The van der Waals surface area contributed by atoms with E-state index in [4.69, 9.17) is 5.84 Å². The van der Waals surface area contributed by atoms with E-state index in [2.05, 4.69) is 36.3 Å². The standard InChI is InChI=1S/C11H16N4/c1-8-3-4-10(7-9(8)2)15(12)11-13-5-6-14-11/h3-4,7H,5-6,12H2,1-2H3,(H,13,14). The summed E-state index contributed by atoms with van der Waals surface area (Å²) in [7, 11) is 0. The predicted molar refractivity (Wildman–Crippen MR) is 62.9 cm³/mol. The summed E-state index contributed by atoms with van der Waals surface area (Å²) in [4.78, 5) is 4.27. The number of nitrogens with zero attached hydrogens (tertiary/aromatic N) is 2. The number of hydrazine groups is 1. The topological polar surface area (TPSA) is 53.6 Å². The van der Waals surface area contributed by atoms with Crippen LogP contribution < -0.4 is 16.2 Å². The Hall–Kier alpha value is -1.55. The van der Waals surface area contributed by atoms with E-state index in [1.165, 1.54) is 11.1 Å². The van der Waals surface area contributed by atoms with Gasteiger partial charge in [-0.05, 0) is 37.1 Å². The first-order valence-electron chi connectivity index (χ1n) is 5.09. The SMILES string of the molecule is Cc1ccc(N(N)C2=NCCN2)cc1C. The molecule has 3 N–H and O–H groups in total. The van der Waals surface area contributed by atoms with Gasteiger partial charge in [-0.15, -0.1) is 0 Å². The Kier molecular flexibility index (Phi) is 2.60. The number of hydrogen-bond acceptors (Lipinski definition) is 4. The van der Waals surface area contributed by atoms with Crippen LogP contribution in [-0.2, 0) is 0 Å². The molecule has 15 heavy (non-hydrogen) atoms. The third-order valence-corrected chi connectivity index (χ3v) is 2.65. The zero-order valence-electron chi connectivity index (χ0n) is 9.12. The molecule has 0 bridgehead atoms. The second-order valence-electron chi connectivity index (χ2n) is 3.77. The zero-order chi connectivity index (χ0) is 10.8. The van der Waals surface area contributed by atoms with Gasteiger partial charge in [0, 0.05) is 6.54 Å². The van der Waals surface area contributed by atoms with Gasteiger partial charge < -0.3 is 5.32 Å². The maximum absolute atomic E-state index is 5.96. The van der Waals surface area contributed by atoms with Crippen molar-refractivity contribution in [2.24, 2.45) is 10.8 Å². The van der Waals surface area contributed by atoms with Crippen molar-refractivity contribution in [2.75, 3.05) is 18.1 Å². The molecule has 0 saturated heterocycles. The van der Waals surface area contributed by atoms with Crippen LogP contribution in [0, 0.1) is 13.8 Å². The highest BCUT2D eigenvalue weighted by molar-refractivity contribution is 5.95. The second-order valence-corrected chi connectivity index (χ2v) is 3.77. The van der Waals surface area contributed by atoms with Gasteiger partial charge in [0.1, 0.15) is 0 Å². The van der Waals surface area contributed by atoms with Crippen molar-refractivity contribution >= 4 is 11.6 Å². The van der Waals surface area contributed by atoms with Crippen LogP contribution in [0.4, 0.5) is 5.69 Å². The minimum absolute atomic E-state index is 0.748. The molecule has 1 aliphatic rings. The predicted octanol–water partition coefficient (Wildman–Crippen LogP) is 0.943. The van der Waals surface area contributed by atoms with E-state index in [1.54, 1.807) is 5.01 Å². The molecule has 0 radical (unpaired) electrons. The van der Waals surface area contributed by atoms with E-state index >= 15 is 0 Å². The molecular formula is C11H16N4. The van der Waals surface area contributed by atoms with Gasteiger partial charge in [-0.3, -0.25) is 0 Å². The highest BCUT2D eigenvalue weighted by atomic mass is 15.5. The Labute approximate surface area is 89.8 Å². The number of benzene rings is 1. The number of hydrogen-bond donors (Lipinski definition) is 2. The fourth-order valence-corrected chi connectivity index (χ4v) is 1.54. The third-order valence-electron chi connectivity index (χ3n) is 2.65. The van der Waals surface area contributed by atoms with Gasteiger partial charge >= 0.3 is 0 Å². The quantitative estimate of drug-likeness (QED) is 0.529. The summed E-state index contributed by atoms with van der Waals surface area (Å²) in [5.41, 5.74) is 3.47. The molecule has 80 valence electrons. The van der Waals surface area contributed by atoms with Gasteiger partial charge in [-0.1, -0.05) is 6.07 Å². The van der Waals surface area contributed by atoms with Crippen molar-refractivity contribution in [1.29, 1.82) is 0 Å². The molecular weight excluding hydrogens is 188 g/mol. The molecule has 1 aromatic rings. The van der Waals surface area contributed by atoms with Crippen molar-refractivity contribution in [3.05, 3.63) is 29.3 Å². The summed E-state index contributed by atoms with van der Waals surface area (Å²) >= 11 is 0. The van der Waals surface area contributed by atoms with E-state index in [0.29, 0.717) is 0 Å². The molecule has 0 aromatic heterocycles. The van der Waals surface area contributed by atoms with Gasteiger partial charge in [-0.25, -0.2) is 15.8 Å². The van der Waals surface area contributed by atoms with E-state index in [9.17, 15) is 0 Å². The van der Waals surface area contributed by atoms with Crippen LogP contribution in [0.1, 0.15) is 11.1 Å². The van der Waals surface area contributed by atoms with E-state index in [1.807, 2.05) is 6.07 Å². The molecule has 2 rings (SSSR count). The van der Waals surface area contributed by atoms with Crippen LogP contribution in [0.25, 0.3) is 0 Å². The number of rotatable bonds is 1. The summed E-state index contributed by atoms with van der Waals surface area (Å²) in [6, 6.07) is 6.14. The first-order valence-corrected chi connectivity index (χ1v) is 5.09. The smallest absolute Gasteiger partial charge is 0.213 e. The normalized spacial score (nSPS) is 14.7. The molecule has 4 heteroatoms. The molecule has 0 aliphatic carbocycles. The van der Waals surface area contributed by atoms with E-state index in [0.717, 1.165) is 24.7 Å².